The normalized spacial score (nSPS) is 34.0. The van der Waals surface area contributed by atoms with Gasteiger partial charge in [-0.3, -0.25) is 4.79 Å². The number of β-amino-alcohol motifs (C(OH)–C–C–N with tert-alkyl or cyclic N) is 1. The summed E-state index contributed by atoms with van der Waals surface area (Å²) in [7, 11) is 0. The molecular weight excluding hydrogens is 270 g/mol. The molecule has 0 aromatic rings. The number of carboxylic acid groups (broad SMARTS) is 1. The minimum atomic E-state index is -1.01. The minimum Gasteiger partial charge on any atom is -0.480 e. The van der Waals surface area contributed by atoms with Crippen LogP contribution in [0.1, 0.15) is 52.9 Å². The Morgan fingerprint density at radius 3 is 2.14 bits per heavy atom. The zero-order valence-corrected chi connectivity index (χ0v) is 13.2. The zero-order chi connectivity index (χ0) is 15.8. The summed E-state index contributed by atoms with van der Waals surface area (Å²) in [4.78, 5) is 25.2. The van der Waals surface area contributed by atoms with Gasteiger partial charge >= 0.3 is 5.97 Å². The van der Waals surface area contributed by atoms with Crippen LogP contribution in [0.4, 0.5) is 0 Å². The number of aliphatic hydroxyl groups is 1. The highest BCUT2D eigenvalue weighted by Crippen LogP contribution is 2.40. The van der Waals surface area contributed by atoms with E-state index in [1.165, 1.54) is 4.90 Å². The molecule has 1 aliphatic heterocycles. The van der Waals surface area contributed by atoms with Crippen LogP contribution in [0.5, 0.6) is 0 Å². The summed E-state index contributed by atoms with van der Waals surface area (Å²) in [5, 5.41) is 18.9. The second-order valence-electron chi connectivity index (χ2n) is 7.65. The molecule has 1 aliphatic carbocycles. The number of rotatable bonds is 2. The molecule has 120 valence electrons. The lowest BCUT2D eigenvalue weighted by Gasteiger charge is -2.37. The predicted molar refractivity (Wildman–Crippen MR) is 78.7 cm³/mol. The largest absolute Gasteiger partial charge is 0.480 e. The molecule has 2 rings (SSSR count). The van der Waals surface area contributed by atoms with Gasteiger partial charge in [0.25, 0.3) is 0 Å². The molecule has 2 N–H and O–H groups in total. The fraction of sp³-hybridized carbons (Fsp3) is 0.875. The van der Waals surface area contributed by atoms with Crippen molar-refractivity contribution in [1.82, 2.24) is 4.90 Å². The summed E-state index contributed by atoms with van der Waals surface area (Å²) in [6.45, 7) is 6.86. The van der Waals surface area contributed by atoms with Crippen LogP contribution in [0.15, 0.2) is 0 Å². The molecule has 2 unspecified atom stereocenters. The Bertz CT molecular complexity index is 407. The number of carbonyl (C=O) groups excluding carboxylic acids is 1. The van der Waals surface area contributed by atoms with Crippen LogP contribution >= 0.6 is 0 Å². The Kier molecular flexibility index (Phi) is 4.61. The van der Waals surface area contributed by atoms with E-state index in [1.807, 2.05) is 0 Å². The van der Waals surface area contributed by atoms with Crippen molar-refractivity contribution in [3.8, 4) is 0 Å². The van der Waals surface area contributed by atoms with Gasteiger partial charge in [-0.1, -0.05) is 20.8 Å². The van der Waals surface area contributed by atoms with Crippen molar-refractivity contribution < 1.29 is 19.8 Å². The van der Waals surface area contributed by atoms with E-state index in [4.69, 9.17) is 0 Å². The van der Waals surface area contributed by atoms with Gasteiger partial charge in [0, 0.05) is 18.9 Å². The Hall–Kier alpha value is -1.10. The second-order valence-corrected chi connectivity index (χ2v) is 7.65. The third kappa shape index (κ3) is 3.57. The smallest absolute Gasteiger partial charge is 0.326 e. The van der Waals surface area contributed by atoms with Crippen molar-refractivity contribution in [2.45, 2.75) is 65.0 Å². The molecule has 2 aliphatic rings. The highest BCUT2D eigenvalue weighted by atomic mass is 16.4. The van der Waals surface area contributed by atoms with Crippen LogP contribution in [0, 0.1) is 17.3 Å². The van der Waals surface area contributed by atoms with Gasteiger partial charge in [-0.15, -0.1) is 0 Å². The van der Waals surface area contributed by atoms with Gasteiger partial charge in [-0.05, 0) is 37.0 Å². The predicted octanol–water partition coefficient (Wildman–Crippen LogP) is 1.89. The van der Waals surface area contributed by atoms with Gasteiger partial charge in [0.2, 0.25) is 5.91 Å². The van der Waals surface area contributed by atoms with Gasteiger partial charge < -0.3 is 15.1 Å². The number of hydrogen-bond donors (Lipinski definition) is 2. The number of nitrogens with zero attached hydrogens (tertiary/aromatic N) is 1. The minimum absolute atomic E-state index is 0.0734. The number of hydrogen-bond acceptors (Lipinski definition) is 3. The van der Waals surface area contributed by atoms with Crippen molar-refractivity contribution >= 4 is 11.9 Å². The fourth-order valence-corrected chi connectivity index (χ4v) is 3.73. The van der Waals surface area contributed by atoms with Crippen molar-refractivity contribution in [3.63, 3.8) is 0 Å². The number of carboxylic acids is 1. The molecule has 1 heterocycles. The molecule has 1 saturated heterocycles. The van der Waals surface area contributed by atoms with Gasteiger partial charge in [0.1, 0.15) is 6.04 Å². The van der Waals surface area contributed by atoms with Crippen molar-refractivity contribution in [3.05, 3.63) is 0 Å². The van der Waals surface area contributed by atoms with Crippen LogP contribution in [0.3, 0.4) is 0 Å². The molecule has 0 aromatic carbocycles. The molecule has 0 bridgehead atoms. The molecular formula is C16H27NO4. The highest BCUT2D eigenvalue weighted by Gasteiger charge is 2.42. The molecule has 2 fully saturated rings. The molecule has 2 atom stereocenters. The number of amides is 1. The Morgan fingerprint density at radius 2 is 1.67 bits per heavy atom. The quantitative estimate of drug-likeness (QED) is 0.816. The number of aliphatic carboxylic acids is 1. The van der Waals surface area contributed by atoms with Gasteiger partial charge in [0.05, 0.1) is 6.10 Å². The maximum atomic E-state index is 12.6. The molecule has 21 heavy (non-hydrogen) atoms. The van der Waals surface area contributed by atoms with Crippen LogP contribution in [-0.2, 0) is 9.59 Å². The maximum absolute atomic E-state index is 12.6. The van der Waals surface area contributed by atoms with Crippen molar-refractivity contribution in [1.29, 1.82) is 0 Å². The van der Waals surface area contributed by atoms with E-state index in [-0.39, 0.29) is 30.2 Å². The maximum Gasteiger partial charge on any atom is 0.326 e. The van der Waals surface area contributed by atoms with Crippen LogP contribution in [0.25, 0.3) is 0 Å². The van der Waals surface area contributed by atoms with E-state index in [0.717, 1.165) is 25.7 Å². The van der Waals surface area contributed by atoms with E-state index < -0.39 is 18.1 Å². The zero-order valence-electron chi connectivity index (χ0n) is 13.2. The van der Waals surface area contributed by atoms with Crippen molar-refractivity contribution in [2.75, 3.05) is 6.54 Å². The molecule has 0 radical (unpaired) electrons. The average molecular weight is 297 g/mol. The lowest BCUT2D eigenvalue weighted by molar-refractivity contribution is -0.150. The highest BCUT2D eigenvalue weighted by molar-refractivity contribution is 5.85. The Labute approximate surface area is 126 Å². The summed E-state index contributed by atoms with van der Waals surface area (Å²) >= 11 is 0. The van der Waals surface area contributed by atoms with E-state index in [2.05, 4.69) is 20.8 Å². The SMILES string of the molecule is CC(C)(C)C1CCC(C(=O)N2CC(O)CC2C(=O)O)CC1. The Balaban J connectivity index is 1.97. The first-order valence-corrected chi connectivity index (χ1v) is 7.91. The molecule has 5 heteroatoms. The molecule has 0 spiro atoms. The number of carbonyl (C=O) groups is 2. The summed E-state index contributed by atoms with van der Waals surface area (Å²) in [6.07, 6.45) is 3.15. The molecule has 5 nitrogen and oxygen atoms in total. The van der Waals surface area contributed by atoms with E-state index >= 15 is 0 Å². The van der Waals surface area contributed by atoms with Crippen LogP contribution in [0.2, 0.25) is 0 Å². The van der Waals surface area contributed by atoms with Gasteiger partial charge in [-0.25, -0.2) is 4.79 Å². The molecule has 1 amide bonds. The van der Waals surface area contributed by atoms with E-state index in [0.29, 0.717) is 5.92 Å². The standard InChI is InChI=1S/C16H27NO4/c1-16(2,3)11-6-4-10(5-7-11)14(19)17-9-12(18)8-13(17)15(20)21/h10-13,18H,4-9H2,1-3H3,(H,20,21). The average Bonchev–Trinajstić information content (AvgIpc) is 2.79. The second kappa shape index (κ2) is 5.95. The summed E-state index contributed by atoms with van der Waals surface area (Å²) in [6, 6.07) is -0.854. The first-order chi connectivity index (χ1) is 9.70. The molecule has 1 saturated carbocycles. The van der Waals surface area contributed by atoms with Gasteiger partial charge in [0.15, 0.2) is 0 Å². The van der Waals surface area contributed by atoms with Crippen LogP contribution in [-0.4, -0.2) is 45.7 Å². The fourth-order valence-electron chi connectivity index (χ4n) is 3.73. The summed E-state index contributed by atoms with van der Waals surface area (Å²) < 4.78 is 0. The summed E-state index contributed by atoms with van der Waals surface area (Å²) in [5.74, 6) is -0.536. The monoisotopic (exact) mass is 297 g/mol. The molecule has 0 aromatic heterocycles. The third-order valence-electron chi connectivity index (χ3n) is 5.15. The Morgan fingerprint density at radius 1 is 1.10 bits per heavy atom. The van der Waals surface area contributed by atoms with E-state index in [1.54, 1.807) is 0 Å². The van der Waals surface area contributed by atoms with E-state index in [9.17, 15) is 19.8 Å². The van der Waals surface area contributed by atoms with Gasteiger partial charge in [-0.2, -0.15) is 0 Å². The lowest BCUT2D eigenvalue weighted by atomic mass is 9.69. The first-order valence-electron chi connectivity index (χ1n) is 7.91. The third-order valence-corrected chi connectivity index (χ3v) is 5.15. The summed E-state index contributed by atoms with van der Waals surface area (Å²) in [5.41, 5.74) is 0.265. The number of likely N-dealkylation sites (tertiary alicyclic amines) is 1. The topological polar surface area (TPSA) is 77.8 Å². The van der Waals surface area contributed by atoms with Crippen molar-refractivity contribution in [2.24, 2.45) is 17.3 Å². The first kappa shape index (κ1) is 16.3. The van der Waals surface area contributed by atoms with Crippen LogP contribution < -0.4 is 0 Å². The lowest BCUT2D eigenvalue weighted by Crippen LogP contribution is -2.44. The number of aliphatic hydroxyl groups excluding tert-OH is 1.